The van der Waals surface area contributed by atoms with Crippen LogP contribution in [0.3, 0.4) is 0 Å². The second kappa shape index (κ2) is 5.72. The van der Waals surface area contributed by atoms with Crippen molar-refractivity contribution in [2.45, 2.75) is 36.7 Å². The van der Waals surface area contributed by atoms with Gasteiger partial charge in [-0.3, -0.25) is 0 Å². The van der Waals surface area contributed by atoms with Gasteiger partial charge in [-0.2, -0.15) is 0 Å². The number of benzene rings is 1. The van der Waals surface area contributed by atoms with Gasteiger partial charge in [0.15, 0.2) is 0 Å². The Morgan fingerprint density at radius 2 is 2.00 bits per heavy atom. The number of hydrogen-bond donors (Lipinski definition) is 1. The fraction of sp³-hybridized carbons (Fsp3) is 0.267. The van der Waals surface area contributed by atoms with Gasteiger partial charge in [0.2, 0.25) is 0 Å². The Bertz CT molecular complexity index is 576. The Hall–Kier alpha value is -1.39. The molecule has 4 heteroatoms. The van der Waals surface area contributed by atoms with E-state index in [0.29, 0.717) is 4.90 Å². The third-order valence-corrected chi connectivity index (χ3v) is 3.82. The SMILES string of the molecule is Cc1cc(C)nc(Sc2c(F)cccc2[C@H](C)N)c1. The summed E-state index contributed by atoms with van der Waals surface area (Å²) in [5.74, 6) is -0.249. The number of aromatic nitrogens is 1. The van der Waals surface area contributed by atoms with Gasteiger partial charge in [-0.15, -0.1) is 0 Å². The van der Waals surface area contributed by atoms with Crippen LogP contribution in [0, 0.1) is 19.7 Å². The van der Waals surface area contributed by atoms with E-state index in [0.717, 1.165) is 21.8 Å². The van der Waals surface area contributed by atoms with E-state index in [-0.39, 0.29) is 11.9 Å². The highest BCUT2D eigenvalue weighted by Gasteiger charge is 2.14. The zero-order valence-electron chi connectivity index (χ0n) is 11.3. The van der Waals surface area contributed by atoms with Gasteiger partial charge in [0.25, 0.3) is 0 Å². The number of hydrogen-bond acceptors (Lipinski definition) is 3. The van der Waals surface area contributed by atoms with E-state index in [4.69, 9.17) is 5.73 Å². The van der Waals surface area contributed by atoms with Crippen molar-refractivity contribution in [1.82, 2.24) is 4.98 Å². The maximum absolute atomic E-state index is 14.0. The molecule has 0 amide bonds. The highest BCUT2D eigenvalue weighted by atomic mass is 32.2. The van der Waals surface area contributed by atoms with Crippen molar-refractivity contribution < 1.29 is 4.39 Å². The lowest BCUT2D eigenvalue weighted by Gasteiger charge is -2.13. The van der Waals surface area contributed by atoms with E-state index in [1.54, 1.807) is 6.07 Å². The van der Waals surface area contributed by atoms with Crippen LogP contribution in [-0.2, 0) is 0 Å². The number of pyridine rings is 1. The second-order valence-corrected chi connectivity index (χ2v) is 5.70. The minimum Gasteiger partial charge on any atom is -0.324 e. The molecule has 0 unspecified atom stereocenters. The lowest BCUT2D eigenvalue weighted by molar-refractivity contribution is 0.591. The first-order valence-electron chi connectivity index (χ1n) is 6.14. The third-order valence-electron chi connectivity index (χ3n) is 2.77. The molecule has 100 valence electrons. The number of aryl methyl sites for hydroxylation is 2. The van der Waals surface area contributed by atoms with E-state index in [9.17, 15) is 4.39 Å². The maximum Gasteiger partial charge on any atom is 0.137 e. The van der Waals surface area contributed by atoms with Gasteiger partial charge in [-0.25, -0.2) is 9.37 Å². The van der Waals surface area contributed by atoms with Crippen LogP contribution in [0.4, 0.5) is 4.39 Å². The third kappa shape index (κ3) is 3.33. The van der Waals surface area contributed by atoms with Crippen LogP contribution in [0.2, 0.25) is 0 Å². The molecule has 19 heavy (non-hydrogen) atoms. The molecular weight excluding hydrogens is 259 g/mol. The number of rotatable bonds is 3. The van der Waals surface area contributed by atoms with E-state index >= 15 is 0 Å². The molecule has 1 aromatic heterocycles. The highest BCUT2D eigenvalue weighted by molar-refractivity contribution is 7.99. The van der Waals surface area contributed by atoms with Crippen LogP contribution < -0.4 is 5.73 Å². The first kappa shape index (κ1) is 14.0. The fourth-order valence-corrected chi connectivity index (χ4v) is 3.13. The number of nitrogens with zero attached hydrogens (tertiary/aromatic N) is 1. The summed E-state index contributed by atoms with van der Waals surface area (Å²) in [6.07, 6.45) is 0. The van der Waals surface area contributed by atoms with E-state index in [2.05, 4.69) is 4.98 Å². The second-order valence-electron chi connectivity index (χ2n) is 4.67. The van der Waals surface area contributed by atoms with Crippen molar-refractivity contribution in [2.75, 3.05) is 0 Å². The lowest BCUT2D eigenvalue weighted by Crippen LogP contribution is -2.07. The summed E-state index contributed by atoms with van der Waals surface area (Å²) >= 11 is 1.33. The largest absolute Gasteiger partial charge is 0.324 e. The van der Waals surface area contributed by atoms with Gasteiger partial charge < -0.3 is 5.73 Å². The summed E-state index contributed by atoms with van der Waals surface area (Å²) in [6.45, 7) is 5.80. The minimum absolute atomic E-state index is 0.205. The Morgan fingerprint density at radius 1 is 1.26 bits per heavy atom. The van der Waals surface area contributed by atoms with E-state index in [1.165, 1.54) is 17.8 Å². The molecule has 2 rings (SSSR count). The van der Waals surface area contributed by atoms with Crippen LogP contribution in [-0.4, -0.2) is 4.98 Å². The Morgan fingerprint density at radius 3 is 2.63 bits per heavy atom. The summed E-state index contributed by atoms with van der Waals surface area (Å²) < 4.78 is 14.0. The van der Waals surface area contributed by atoms with Crippen LogP contribution in [0.1, 0.15) is 29.8 Å². The van der Waals surface area contributed by atoms with Gasteiger partial charge >= 0.3 is 0 Å². The van der Waals surface area contributed by atoms with Crippen LogP contribution in [0.25, 0.3) is 0 Å². The molecule has 0 aliphatic heterocycles. The molecule has 1 aromatic carbocycles. The average Bonchev–Trinajstić information content (AvgIpc) is 2.30. The fourth-order valence-electron chi connectivity index (χ4n) is 1.95. The van der Waals surface area contributed by atoms with Gasteiger partial charge in [-0.1, -0.05) is 23.9 Å². The quantitative estimate of drug-likeness (QED) is 0.920. The Balaban J connectivity index is 2.42. The van der Waals surface area contributed by atoms with Crippen molar-refractivity contribution in [3.63, 3.8) is 0 Å². The molecule has 0 aliphatic rings. The summed E-state index contributed by atoms with van der Waals surface area (Å²) in [4.78, 5) is 4.99. The maximum atomic E-state index is 14.0. The monoisotopic (exact) mass is 276 g/mol. The predicted molar refractivity (Wildman–Crippen MR) is 76.8 cm³/mol. The van der Waals surface area contributed by atoms with Crippen molar-refractivity contribution in [3.8, 4) is 0 Å². The van der Waals surface area contributed by atoms with Crippen LogP contribution >= 0.6 is 11.8 Å². The summed E-state index contributed by atoms with van der Waals surface area (Å²) in [5.41, 5.74) is 8.76. The molecule has 1 atom stereocenters. The summed E-state index contributed by atoms with van der Waals surface area (Å²) in [5, 5.41) is 0.796. The molecule has 0 aliphatic carbocycles. The van der Waals surface area contributed by atoms with Crippen LogP contribution in [0.15, 0.2) is 40.3 Å². The zero-order valence-corrected chi connectivity index (χ0v) is 12.1. The molecular formula is C15H17FN2S. The number of halogens is 1. The van der Waals surface area contributed by atoms with Crippen LogP contribution in [0.5, 0.6) is 0 Å². The summed E-state index contributed by atoms with van der Waals surface area (Å²) in [7, 11) is 0. The molecule has 2 N–H and O–H groups in total. The van der Waals surface area contributed by atoms with E-state index in [1.807, 2.05) is 39.0 Å². The molecule has 0 fully saturated rings. The van der Waals surface area contributed by atoms with Gasteiger partial charge in [0, 0.05) is 11.7 Å². The molecule has 2 nitrogen and oxygen atoms in total. The Kier molecular flexibility index (Phi) is 4.22. The smallest absolute Gasteiger partial charge is 0.137 e. The minimum atomic E-state index is -0.249. The first-order valence-corrected chi connectivity index (χ1v) is 6.96. The normalized spacial score (nSPS) is 12.5. The topological polar surface area (TPSA) is 38.9 Å². The van der Waals surface area contributed by atoms with Gasteiger partial charge in [0.1, 0.15) is 10.8 Å². The molecule has 0 saturated heterocycles. The van der Waals surface area contributed by atoms with Gasteiger partial charge in [0.05, 0.1) is 4.90 Å². The zero-order chi connectivity index (χ0) is 14.0. The first-order chi connectivity index (χ1) is 8.97. The van der Waals surface area contributed by atoms with Crippen molar-refractivity contribution >= 4 is 11.8 Å². The average molecular weight is 276 g/mol. The number of nitrogens with two attached hydrogens (primary N) is 1. The Labute approximate surface area is 117 Å². The van der Waals surface area contributed by atoms with Gasteiger partial charge in [-0.05, 0) is 50.1 Å². The van der Waals surface area contributed by atoms with Crippen molar-refractivity contribution in [1.29, 1.82) is 0 Å². The highest BCUT2D eigenvalue weighted by Crippen LogP contribution is 2.34. The molecule has 0 saturated carbocycles. The molecule has 2 aromatic rings. The predicted octanol–water partition coefficient (Wildman–Crippen LogP) is 4.01. The summed E-state index contributed by atoms with van der Waals surface area (Å²) in [6, 6.07) is 8.75. The molecule has 0 spiro atoms. The lowest BCUT2D eigenvalue weighted by atomic mass is 10.1. The molecule has 0 radical (unpaired) electrons. The van der Waals surface area contributed by atoms with E-state index < -0.39 is 0 Å². The molecule has 0 bridgehead atoms. The van der Waals surface area contributed by atoms with Crippen molar-refractivity contribution in [3.05, 3.63) is 53.0 Å². The molecule has 1 heterocycles. The van der Waals surface area contributed by atoms with Crippen molar-refractivity contribution in [2.24, 2.45) is 5.73 Å². The standard InChI is InChI=1S/C15H17FN2S/c1-9-7-10(2)18-14(8-9)19-15-12(11(3)17)5-4-6-13(15)16/h4-8,11H,17H2,1-3H3/t11-/m0/s1.